The molecule has 1 aromatic rings. The molecule has 0 radical (unpaired) electrons. The summed E-state index contributed by atoms with van der Waals surface area (Å²) in [5.74, 6) is 1.29. The Labute approximate surface area is 145 Å². The van der Waals surface area contributed by atoms with Gasteiger partial charge in [0, 0.05) is 39.3 Å². The Morgan fingerprint density at radius 3 is 2.96 bits per heavy atom. The van der Waals surface area contributed by atoms with Gasteiger partial charge in [0.15, 0.2) is 4.34 Å². The minimum absolute atomic E-state index is 0.230. The van der Waals surface area contributed by atoms with E-state index in [1.54, 1.807) is 18.4 Å². The average Bonchev–Trinajstić information content (AvgIpc) is 2.77. The molecule has 3 fully saturated rings. The van der Waals surface area contributed by atoms with E-state index in [0.29, 0.717) is 17.7 Å². The Balaban J connectivity index is 1.55. The van der Waals surface area contributed by atoms with E-state index in [9.17, 15) is 4.79 Å². The first kappa shape index (κ1) is 17.1. The number of methoxy groups -OCH3 is 1. The van der Waals surface area contributed by atoms with E-state index in [4.69, 9.17) is 4.74 Å². The average molecular weight is 357 g/mol. The summed E-state index contributed by atoms with van der Waals surface area (Å²) in [6, 6.07) is 0.488. The van der Waals surface area contributed by atoms with Gasteiger partial charge in [0.1, 0.15) is 5.01 Å². The van der Waals surface area contributed by atoms with Crippen LogP contribution in [0.25, 0.3) is 0 Å². The second kappa shape index (κ2) is 7.92. The molecule has 1 aromatic heterocycles. The molecule has 0 spiro atoms. The van der Waals surface area contributed by atoms with Gasteiger partial charge < -0.3 is 9.64 Å². The molecule has 23 heavy (non-hydrogen) atoms. The van der Waals surface area contributed by atoms with Crippen LogP contribution in [0.15, 0.2) is 4.34 Å². The molecule has 1 amide bonds. The highest BCUT2D eigenvalue weighted by atomic mass is 32.2. The number of amides is 1. The molecule has 3 saturated heterocycles. The number of aromatic nitrogens is 2. The van der Waals surface area contributed by atoms with E-state index in [-0.39, 0.29) is 5.91 Å². The van der Waals surface area contributed by atoms with E-state index in [1.165, 1.54) is 24.6 Å². The second-order valence-corrected chi connectivity index (χ2v) is 8.66. The number of hydrogen-bond acceptors (Lipinski definition) is 7. The highest BCUT2D eigenvalue weighted by molar-refractivity contribution is 8.01. The van der Waals surface area contributed by atoms with Crippen molar-refractivity contribution >= 4 is 29.0 Å². The SMILES string of the molecule is COCCN1C[C@H]2CC[C@@H]1CN(C(=O)CSc1nnc(C)s1)C2. The quantitative estimate of drug-likeness (QED) is 0.720. The lowest BCUT2D eigenvalue weighted by atomic mass is 9.95. The number of hydrogen-bond donors (Lipinski definition) is 0. The number of thioether (sulfide) groups is 1. The maximum absolute atomic E-state index is 12.6. The molecular formula is C15H24N4O2S2. The minimum atomic E-state index is 0.230. The molecule has 128 valence electrons. The maximum Gasteiger partial charge on any atom is 0.233 e. The van der Waals surface area contributed by atoms with E-state index in [1.807, 2.05) is 6.92 Å². The van der Waals surface area contributed by atoms with E-state index in [2.05, 4.69) is 20.0 Å². The van der Waals surface area contributed by atoms with Gasteiger partial charge in [-0.3, -0.25) is 9.69 Å². The van der Waals surface area contributed by atoms with Crippen LogP contribution in [0, 0.1) is 12.8 Å². The molecule has 4 rings (SSSR count). The van der Waals surface area contributed by atoms with Crippen LogP contribution in [0.5, 0.6) is 0 Å². The van der Waals surface area contributed by atoms with Crippen LogP contribution in [0.3, 0.4) is 0 Å². The Kier molecular flexibility index (Phi) is 5.90. The summed E-state index contributed by atoms with van der Waals surface area (Å²) in [4.78, 5) is 17.2. The van der Waals surface area contributed by atoms with Crippen molar-refractivity contribution in [3.05, 3.63) is 5.01 Å². The van der Waals surface area contributed by atoms with E-state index >= 15 is 0 Å². The van der Waals surface area contributed by atoms with Crippen molar-refractivity contribution in [1.29, 1.82) is 0 Å². The number of carbonyl (C=O) groups is 1. The molecule has 0 aliphatic carbocycles. The fourth-order valence-electron chi connectivity index (χ4n) is 3.42. The molecule has 2 bridgehead atoms. The van der Waals surface area contributed by atoms with Gasteiger partial charge in [0.25, 0.3) is 0 Å². The molecular weight excluding hydrogens is 332 g/mol. The predicted octanol–water partition coefficient (Wildman–Crippen LogP) is 1.51. The number of nitrogens with zero attached hydrogens (tertiary/aromatic N) is 4. The Hall–Kier alpha value is -0.700. The summed E-state index contributed by atoms with van der Waals surface area (Å²) >= 11 is 3.06. The molecule has 3 aliphatic rings. The smallest absolute Gasteiger partial charge is 0.233 e. The van der Waals surface area contributed by atoms with Gasteiger partial charge in [0.2, 0.25) is 5.91 Å². The van der Waals surface area contributed by atoms with Crippen LogP contribution >= 0.6 is 23.1 Å². The lowest BCUT2D eigenvalue weighted by Gasteiger charge is -2.35. The monoisotopic (exact) mass is 356 g/mol. The van der Waals surface area contributed by atoms with Crippen molar-refractivity contribution in [2.24, 2.45) is 5.92 Å². The van der Waals surface area contributed by atoms with Gasteiger partial charge in [-0.2, -0.15) is 0 Å². The van der Waals surface area contributed by atoms with Crippen LogP contribution in [0.4, 0.5) is 0 Å². The number of aryl methyl sites for hydroxylation is 1. The summed E-state index contributed by atoms with van der Waals surface area (Å²) in [7, 11) is 1.75. The Bertz CT molecular complexity index is 539. The van der Waals surface area contributed by atoms with Crippen LogP contribution in [0.1, 0.15) is 17.8 Å². The third kappa shape index (κ3) is 4.43. The zero-order valence-corrected chi connectivity index (χ0v) is 15.4. The molecule has 2 atom stereocenters. The van der Waals surface area contributed by atoms with Crippen LogP contribution < -0.4 is 0 Å². The van der Waals surface area contributed by atoms with Crippen molar-refractivity contribution in [2.75, 3.05) is 45.6 Å². The largest absolute Gasteiger partial charge is 0.383 e. The minimum Gasteiger partial charge on any atom is -0.383 e. The molecule has 6 nitrogen and oxygen atoms in total. The predicted molar refractivity (Wildman–Crippen MR) is 91.9 cm³/mol. The van der Waals surface area contributed by atoms with Gasteiger partial charge in [-0.05, 0) is 25.7 Å². The molecule has 0 unspecified atom stereocenters. The van der Waals surface area contributed by atoms with Crippen molar-refractivity contribution in [1.82, 2.24) is 20.0 Å². The third-order valence-corrected chi connectivity index (χ3v) is 6.55. The molecule has 3 aliphatic heterocycles. The normalized spacial score (nSPS) is 24.9. The number of carbonyl (C=O) groups excluding carboxylic acids is 1. The van der Waals surface area contributed by atoms with Gasteiger partial charge in [-0.15, -0.1) is 10.2 Å². The first-order chi connectivity index (χ1) is 11.2. The zero-order valence-electron chi connectivity index (χ0n) is 13.7. The lowest BCUT2D eigenvalue weighted by molar-refractivity contribution is -0.128. The summed E-state index contributed by atoms with van der Waals surface area (Å²) in [5.41, 5.74) is 0. The first-order valence-corrected chi connectivity index (χ1v) is 9.89. The molecule has 0 aromatic carbocycles. The van der Waals surface area contributed by atoms with Crippen LogP contribution in [-0.2, 0) is 9.53 Å². The summed E-state index contributed by atoms with van der Waals surface area (Å²) < 4.78 is 6.10. The second-order valence-electron chi connectivity index (χ2n) is 6.26. The fourth-order valence-corrected chi connectivity index (χ4v) is 5.13. The summed E-state index contributed by atoms with van der Waals surface area (Å²) in [6.45, 7) is 6.52. The molecule has 0 saturated carbocycles. The van der Waals surface area contributed by atoms with Crippen LogP contribution in [-0.4, -0.2) is 77.6 Å². The van der Waals surface area contributed by atoms with E-state index in [0.717, 1.165) is 42.1 Å². The van der Waals surface area contributed by atoms with E-state index < -0.39 is 0 Å². The Morgan fingerprint density at radius 2 is 2.22 bits per heavy atom. The van der Waals surface area contributed by atoms with Crippen LogP contribution in [0.2, 0.25) is 0 Å². The molecule has 8 heteroatoms. The van der Waals surface area contributed by atoms with Crippen molar-refractivity contribution in [2.45, 2.75) is 30.1 Å². The highest BCUT2D eigenvalue weighted by Gasteiger charge is 2.36. The van der Waals surface area contributed by atoms with Gasteiger partial charge >= 0.3 is 0 Å². The Morgan fingerprint density at radius 1 is 1.35 bits per heavy atom. The van der Waals surface area contributed by atoms with Gasteiger partial charge in [0.05, 0.1) is 12.4 Å². The third-order valence-electron chi connectivity index (χ3n) is 4.59. The summed E-state index contributed by atoms with van der Waals surface area (Å²) in [6.07, 6.45) is 2.43. The zero-order chi connectivity index (χ0) is 16.2. The standard InChI is InChI=1S/C15H24N4O2S2/c1-11-16-17-15(23-11)22-10-14(20)19-8-12-3-4-13(9-19)18(7-12)5-6-21-2/h12-13H,3-10H2,1-2H3/t12-,13-/m1/s1. The van der Waals surface area contributed by atoms with Crippen molar-refractivity contribution < 1.29 is 9.53 Å². The maximum atomic E-state index is 12.6. The van der Waals surface area contributed by atoms with Gasteiger partial charge in [-0.1, -0.05) is 23.1 Å². The number of fused-ring (bicyclic) bond motifs is 4. The highest BCUT2D eigenvalue weighted by Crippen LogP contribution is 2.29. The van der Waals surface area contributed by atoms with Gasteiger partial charge in [-0.25, -0.2) is 0 Å². The van der Waals surface area contributed by atoms with Crippen molar-refractivity contribution in [3.63, 3.8) is 0 Å². The number of ether oxygens (including phenoxy) is 1. The number of rotatable bonds is 6. The topological polar surface area (TPSA) is 58.6 Å². The van der Waals surface area contributed by atoms with Crippen molar-refractivity contribution in [3.8, 4) is 0 Å². The number of piperidine rings is 1. The first-order valence-electron chi connectivity index (χ1n) is 8.09. The summed E-state index contributed by atoms with van der Waals surface area (Å²) in [5, 5.41) is 9.02. The fraction of sp³-hybridized carbons (Fsp3) is 0.800. The molecule has 0 N–H and O–H groups in total. The lowest BCUT2D eigenvalue weighted by Crippen LogP contribution is -2.45. The molecule has 4 heterocycles.